The molecule has 2 amide bonds. The minimum absolute atomic E-state index is 0.0758. The topological polar surface area (TPSA) is 110 Å². The van der Waals surface area contributed by atoms with Gasteiger partial charge < -0.3 is 0 Å². The van der Waals surface area contributed by atoms with Crippen LogP contribution in [-0.4, -0.2) is 27.5 Å². The van der Waals surface area contributed by atoms with Crippen LogP contribution in [0.3, 0.4) is 0 Å². The van der Waals surface area contributed by atoms with Crippen molar-refractivity contribution in [1.29, 1.82) is 0 Å². The predicted octanol–water partition coefficient (Wildman–Crippen LogP) is 7.36. The van der Waals surface area contributed by atoms with E-state index >= 15 is 0 Å². The van der Waals surface area contributed by atoms with Crippen molar-refractivity contribution in [3.8, 4) is 0 Å². The Morgan fingerprint density at radius 3 is 2.46 bits per heavy atom. The predicted molar refractivity (Wildman–Crippen MR) is 159 cm³/mol. The van der Waals surface area contributed by atoms with Crippen molar-refractivity contribution >= 4 is 80.1 Å². The van der Waals surface area contributed by atoms with Gasteiger partial charge in [-0.05, 0) is 60.9 Å². The van der Waals surface area contributed by atoms with E-state index in [1.54, 1.807) is 36.4 Å². The quantitative estimate of drug-likeness (QED) is 0.101. The molecule has 41 heavy (non-hydrogen) atoms. The van der Waals surface area contributed by atoms with Gasteiger partial charge in [0.25, 0.3) is 5.69 Å². The Morgan fingerprint density at radius 1 is 0.976 bits per heavy atom. The van der Waals surface area contributed by atoms with Crippen LogP contribution in [0.15, 0.2) is 79.7 Å². The van der Waals surface area contributed by atoms with Crippen molar-refractivity contribution in [1.82, 2.24) is 4.98 Å². The number of aromatic nitrogens is 1. The summed E-state index contributed by atoms with van der Waals surface area (Å²) in [5.74, 6) is -0.772. The van der Waals surface area contributed by atoms with Gasteiger partial charge in [-0.15, -0.1) is 11.3 Å². The molecule has 1 aliphatic carbocycles. The molecule has 8 nitrogen and oxygen atoms in total. The highest BCUT2D eigenvalue weighted by atomic mass is 32.2. The summed E-state index contributed by atoms with van der Waals surface area (Å²) in [4.78, 5) is 58.2. The number of fused-ring (bicyclic) bond motifs is 3. The first-order valence-electron chi connectivity index (χ1n) is 13.2. The maximum absolute atomic E-state index is 13.0. The number of anilines is 1. The molecule has 1 saturated heterocycles. The minimum Gasteiger partial charge on any atom is -0.288 e. The minimum atomic E-state index is -0.432. The van der Waals surface area contributed by atoms with Crippen LogP contribution in [0.2, 0.25) is 0 Å². The summed E-state index contributed by atoms with van der Waals surface area (Å²) in [6, 6.07) is 17.6. The molecule has 0 N–H and O–H groups in total. The number of imide groups is 1. The molecule has 0 spiro atoms. The molecule has 7 rings (SSSR count). The summed E-state index contributed by atoms with van der Waals surface area (Å²) in [5, 5.41) is 12.0. The molecule has 2 aliphatic heterocycles. The molecule has 3 aromatic carbocycles. The fourth-order valence-electron chi connectivity index (χ4n) is 5.73. The van der Waals surface area contributed by atoms with E-state index < -0.39 is 4.92 Å². The number of thiazole rings is 1. The van der Waals surface area contributed by atoms with Crippen LogP contribution >= 0.6 is 34.9 Å². The highest BCUT2D eigenvalue weighted by Crippen LogP contribution is 2.44. The number of ketones is 1. The Morgan fingerprint density at radius 2 is 1.73 bits per heavy atom. The van der Waals surface area contributed by atoms with E-state index in [4.69, 9.17) is 0 Å². The van der Waals surface area contributed by atoms with E-state index in [9.17, 15) is 24.5 Å². The van der Waals surface area contributed by atoms with E-state index in [0.29, 0.717) is 36.5 Å². The Bertz CT molecular complexity index is 1810. The Balaban J connectivity index is 1.15. The SMILES string of the molecule is O=C1/C(=C/c2ccc(Sc3nc4ccc(N5C(=O)[C@H]6CCCC[C@@H]6C5=O)cc4s3)c([N+](=O)[O-])c2)Sc2ccccc21. The fraction of sp³-hybridized carbons (Fsp3) is 0.200. The van der Waals surface area contributed by atoms with Crippen LogP contribution in [0.25, 0.3) is 16.3 Å². The number of carbonyl (C=O) groups excluding carboxylic acids is 3. The van der Waals surface area contributed by atoms with Gasteiger partial charge in [-0.25, -0.2) is 4.98 Å². The second kappa shape index (κ2) is 10.2. The molecule has 3 heterocycles. The van der Waals surface area contributed by atoms with Crippen molar-refractivity contribution < 1.29 is 19.3 Å². The van der Waals surface area contributed by atoms with Crippen LogP contribution in [0, 0.1) is 22.0 Å². The zero-order chi connectivity index (χ0) is 28.2. The Kier molecular flexibility index (Phi) is 6.52. The number of hydrogen-bond acceptors (Lipinski definition) is 9. The first-order chi connectivity index (χ1) is 19.9. The number of amides is 2. The first kappa shape index (κ1) is 26.1. The van der Waals surface area contributed by atoms with Gasteiger partial charge in [0.1, 0.15) is 0 Å². The maximum atomic E-state index is 13.0. The smallest absolute Gasteiger partial charge is 0.283 e. The van der Waals surface area contributed by atoms with Gasteiger partial charge in [-0.1, -0.05) is 54.6 Å². The number of carbonyl (C=O) groups is 3. The molecule has 0 bridgehead atoms. The molecule has 11 heteroatoms. The maximum Gasteiger partial charge on any atom is 0.283 e. The van der Waals surface area contributed by atoms with Crippen molar-refractivity contribution in [3.63, 3.8) is 0 Å². The van der Waals surface area contributed by atoms with E-state index in [-0.39, 0.29) is 35.1 Å². The molecule has 2 atom stereocenters. The fourth-order valence-corrected chi connectivity index (χ4v) is 8.92. The first-order valence-corrected chi connectivity index (χ1v) is 15.6. The Hall–Kier alpha value is -3.80. The summed E-state index contributed by atoms with van der Waals surface area (Å²) >= 11 is 3.91. The second-order valence-electron chi connectivity index (χ2n) is 10.2. The van der Waals surface area contributed by atoms with E-state index in [2.05, 4.69) is 4.98 Å². The standard InChI is InChI=1S/C30H21N3O5S3/c34-27-20-7-3-4-8-23(20)39-26(27)14-16-9-12-24(22(13-16)33(37)38)40-30-31-21-11-10-17(15-25(21)41-30)32-28(35)18-5-1-2-6-19(18)29(32)36/h3-4,7-15,18-19H,1-2,5-6H2/b26-14-/t18-,19-/m0/s1. The third-order valence-corrected chi connectivity index (χ3v) is 10.9. The lowest BCUT2D eigenvalue weighted by Crippen LogP contribution is -2.30. The monoisotopic (exact) mass is 599 g/mol. The Labute approximate surface area is 247 Å². The highest BCUT2D eigenvalue weighted by molar-refractivity contribution is 8.05. The van der Waals surface area contributed by atoms with Crippen molar-refractivity contribution in [2.24, 2.45) is 11.8 Å². The molecule has 2 fully saturated rings. The van der Waals surface area contributed by atoms with E-state index in [1.165, 1.54) is 45.8 Å². The number of benzene rings is 3. The molecule has 3 aliphatic rings. The molecular formula is C30H21N3O5S3. The number of nitro groups is 1. The van der Waals surface area contributed by atoms with Gasteiger partial charge in [-0.2, -0.15) is 0 Å². The number of hydrogen-bond donors (Lipinski definition) is 0. The summed E-state index contributed by atoms with van der Waals surface area (Å²) < 4.78 is 1.40. The average Bonchev–Trinajstić information content (AvgIpc) is 3.60. The number of rotatable bonds is 5. The van der Waals surface area contributed by atoms with Crippen molar-refractivity contribution in [3.05, 3.63) is 86.8 Å². The third kappa shape index (κ3) is 4.58. The molecule has 1 aromatic heterocycles. The van der Waals surface area contributed by atoms with Gasteiger partial charge in [0.05, 0.1) is 42.5 Å². The lowest BCUT2D eigenvalue weighted by atomic mass is 9.81. The second-order valence-corrected chi connectivity index (χ2v) is 13.6. The number of thioether (sulfide) groups is 1. The molecule has 0 unspecified atom stereocenters. The van der Waals surface area contributed by atoms with Crippen LogP contribution in [0.5, 0.6) is 0 Å². The largest absolute Gasteiger partial charge is 0.288 e. The zero-order valence-corrected chi connectivity index (χ0v) is 23.9. The van der Waals surface area contributed by atoms with Gasteiger partial charge in [0.15, 0.2) is 4.34 Å². The number of allylic oxidation sites excluding steroid dienone is 1. The number of nitro benzene ring substituents is 1. The summed E-state index contributed by atoms with van der Waals surface area (Å²) in [6.07, 6.45) is 5.14. The van der Waals surface area contributed by atoms with Crippen LogP contribution in [0.1, 0.15) is 41.6 Å². The molecular weight excluding hydrogens is 579 g/mol. The molecule has 204 valence electrons. The van der Waals surface area contributed by atoms with Gasteiger partial charge in [-0.3, -0.25) is 29.4 Å². The molecule has 1 saturated carbocycles. The van der Waals surface area contributed by atoms with Crippen LogP contribution < -0.4 is 4.90 Å². The lowest BCUT2D eigenvalue weighted by molar-refractivity contribution is -0.387. The lowest BCUT2D eigenvalue weighted by Gasteiger charge is -2.19. The van der Waals surface area contributed by atoms with Gasteiger partial charge in [0.2, 0.25) is 17.6 Å². The number of Topliss-reactive ketones (excluding diaryl/α,β-unsaturated/α-hetero) is 1. The summed E-state index contributed by atoms with van der Waals surface area (Å²) in [5.41, 5.74) is 2.37. The average molecular weight is 600 g/mol. The van der Waals surface area contributed by atoms with Crippen LogP contribution in [-0.2, 0) is 9.59 Å². The highest BCUT2D eigenvalue weighted by Gasteiger charge is 2.48. The third-order valence-electron chi connectivity index (χ3n) is 7.70. The number of nitrogens with zero attached hydrogens (tertiary/aromatic N) is 3. The van der Waals surface area contributed by atoms with Gasteiger partial charge in [0, 0.05) is 16.5 Å². The van der Waals surface area contributed by atoms with Crippen molar-refractivity contribution in [2.75, 3.05) is 4.90 Å². The summed E-state index contributed by atoms with van der Waals surface area (Å²) in [6.45, 7) is 0. The zero-order valence-electron chi connectivity index (χ0n) is 21.4. The summed E-state index contributed by atoms with van der Waals surface area (Å²) in [7, 11) is 0. The molecule has 0 radical (unpaired) electrons. The van der Waals surface area contributed by atoms with Crippen LogP contribution in [0.4, 0.5) is 11.4 Å². The van der Waals surface area contributed by atoms with Gasteiger partial charge >= 0.3 is 0 Å². The van der Waals surface area contributed by atoms with Crippen molar-refractivity contribution in [2.45, 2.75) is 39.8 Å². The molecule has 4 aromatic rings. The van der Waals surface area contributed by atoms with E-state index in [1.807, 2.05) is 24.3 Å². The van der Waals surface area contributed by atoms with E-state index in [0.717, 1.165) is 35.3 Å². The normalized spacial score (nSPS) is 21.1.